The Morgan fingerprint density at radius 3 is 2.81 bits per heavy atom. The number of ether oxygens (including phenoxy) is 1. The lowest BCUT2D eigenvalue weighted by atomic mass is 10.1. The van der Waals surface area contributed by atoms with Crippen LogP contribution in [0.5, 0.6) is 0 Å². The lowest BCUT2D eigenvalue weighted by Gasteiger charge is -2.19. The molecule has 0 bridgehead atoms. The predicted octanol–water partition coefficient (Wildman–Crippen LogP) is 2.76. The van der Waals surface area contributed by atoms with Crippen LogP contribution in [0.3, 0.4) is 0 Å². The summed E-state index contributed by atoms with van der Waals surface area (Å²) in [6.45, 7) is 1.19. The summed E-state index contributed by atoms with van der Waals surface area (Å²) in [6, 6.07) is 8.28. The fourth-order valence-electron chi connectivity index (χ4n) is 3.54. The van der Waals surface area contributed by atoms with Gasteiger partial charge in [-0.2, -0.15) is 10.2 Å². The van der Waals surface area contributed by atoms with E-state index in [1.807, 2.05) is 0 Å². The highest BCUT2D eigenvalue weighted by atomic mass is 16.5. The number of hydrazone groups is 1. The summed E-state index contributed by atoms with van der Waals surface area (Å²) in [5.41, 5.74) is 1.65. The van der Waals surface area contributed by atoms with Gasteiger partial charge in [-0.1, -0.05) is 0 Å². The predicted molar refractivity (Wildman–Crippen MR) is 106 cm³/mol. The van der Waals surface area contributed by atoms with Crippen LogP contribution in [0.15, 0.2) is 69.2 Å². The molecule has 0 radical (unpaired) electrons. The van der Waals surface area contributed by atoms with E-state index >= 15 is 0 Å². The number of fused-ring (bicyclic) bond motifs is 1. The molecule has 0 N–H and O–H groups in total. The number of aromatic nitrogens is 3. The van der Waals surface area contributed by atoms with Gasteiger partial charge in [0.05, 0.1) is 18.2 Å². The normalized spacial score (nSPS) is 16.0. The van der Waals surface area contributed by atoms with Crippen molar-refractivity contribution in [2.45, 2.75) is 19.4 Å². The van der Waals surface area contributed by atoms with Gasteiger partial charge in [-0.05, 0) is 37.3 Å². The van der Waals surface area contributed by atoms with Crippen LogP contribution in [0, 0.1) is 6.92 Å². The molecule has 4 aromatic rings. The Morgan fingerprint density at radius 1 is 1.19 bits per heavy atom. The van der Waals surface area contributed by atoms with Gasteiger partial charge >= 0.3 is 5.97 Å². The molecule has 5 heterocycles. The van der Waals surface area contributed by atoms with E-state index in [0.29, 0.717) is 35.0 Å². The minimum atomic E-state index is -0.677. The maximum atomic E-state index is 12.9. The first-order valence-electron chi connectivity index (χ1n) is 9.55. The van der Waals surface area contributed by atoms with E-state index in [0.717, 1.165) is 0 Å². The second-order valence-electron chi connectivity index (χ2n) is 6.92. The molecule has 4 aromatic heterocycles. The van der Waals surface area contributed by atoms with Gasteiger partial charge in [0.2, 0.25) is 0 Å². The number of hydrogen-bond donors (Lipinski definition) is 0. The van der Waals surface area contributed by atoms with E-state index in [2.05, 4.69) is 15.2 Å². The van der Waals surface area contributed by atoms with Gasteiger partial charge in [0, 0.05) is 18.8 Å². The number of nitrogens with zero attached hydrogens (tertiary/aromatic N) is 5. The summed E-state index contributed by atoms with van der Waals surface area (Å²) < 4.78 is 17.7. The van der Waals surface area contributed by atoms with Gasteiger partial charge in [0.25, 0.3) is 5.91 Å². The van der Waals surface area contributed by atoms with Crippen LogP contribution in [0.2, 0.25) is 0 Å². The average molecular weight is 419 g/mol. The molecule has 0 spiro atoms. The van der Waals surface area contributed by atoms with E-state index in [4.69, 9.17) is 13.6 Å². The molecule has 10 heteroatoms. The van der Waals surface area contributed by atoms with E-state index in [-0.39, 0.29) is 5.56 Å². The highest BCUT2D eigenvalue weighted by Gasteiger charge is 2.36. The second kappa shape index (κ2) is 7.56. The summed E-state index contributed by atoms with van der Waals surface area (Å²) in [4.78, 5) is 29.8. The Hall–Kier alpha value is -4.21. The zero-order chi connectivity index (χ0) is 21.4. The fraction of sp³-hybridized carbons (Fsp3) is 0.190. The van der Waals surface area contributed by atoms with Crippen LogP contribution < -0.4 is 0 Å². The minimum absolute atomic E-state index is 0.220. The molecule has 1 atom stereocenters. The summed E-state index contributed by atoms with van der Waals surface area (Å²) in [5, 5.41) is 9.91. The lowest BCUT2D eigenvalue weighted by Crippen LogP contribution is -2.31. The molecule has 1 aliphatic heterocycles. The van der Waals surface area contributed by atoms with Gasteiger partial charge in [0.15, 0.2) is 12.3 Å². The van der Waals surface area contributed by atoms with Crippen molar-refractivity contribution in [2.75, 3.05) is 6.61 Å². The molecule has 0 saturated heterocycles. The molecule has 1 amide bonds. The number of aryl methyl sites for hydroxylation is 1. The second-order valence-corrected chi connectivity index (χ2v) is 6.92. The Kier molecular flexibility index (Phi) is 4.58. The molecule has 10 nitrogen and oxygen atoms in total. The number of hydrogen-bond acceptors (Lipinski definition) is 8. The zero-order valence-electron chi connectivity index (χ0n) is 16.5. The van der Waals surface area contributed by atoms with Crippen molar-refractivity contribution in [2.24, 2.45) is 5.10 Å². The van der Waals surface area contributed by atoms with Gasteiger partial charge in [-0.25, -0.2) is 19.3 Å². The van der Waals surface area contributed by atoms with Crippen molar-refractivity contribution in [3.05, 3.63) is 78.0 Å². The molecule has 0 saturated carbocycles. The lowest BCUT2D eigenvalue weighted by molar-refractivity contribution is -0.136. The Labute approximate surface area is 175 Å². The SMILES string of the molecule is Cc1nn2cccnc2c1C(=O)OCC(=O)N1N=C(c2ccco2)CC1c1ccco1. The molecular formula is C21H17N5O5. The standard InChI is InChI=1S/C21H17N5O5/c1-13-19(20-22-7-4-8-25(20)23-13)21(28)31-12-18(27)26-15(17-6-3-10-30-17)11-14(24-26)16-5-2-9-29-16/h2-10,15H,11-12H2,1H3. The number of carbonyl (C=O) groups is 2. The van der Waals surface area contributed by atoms with Crippen LogP contribution in [-0.2, 0) is 9.53 Å². The van der Waals surface area contributed by atoms with Crippen LogP contribution >= 0.6 is 0 Å². The van der Waals surface area contributed by atoms with Gasteiger partial charge in [-0.3, -0.25) is 4.79 Å². The number of furan rings is 2. The van der Waals surface area contributed by atoms with E-state index in [1.165, 1.54) is 15.8 Å². The maximum Gasteiger partial charge on any atom is 0.344 e. The molecule has 31 heavy (non-hydrogen) atoms. The molecule has 1 aliphatic rings. The molecular weight excluding hydrogens is 402 g/mol. The average Bonchev–Trinajstić information content (AvgIpc) is 3.56. The molecule has 0 aromatic carbocycles. The maximum absolute atomic E-state index is 12.9. The van der Waals surface area contributed by atoms with E-state index < -0.39 is 24.5 Å². The van der Waals surface area contributed by atoms with Gasteiger partial charge < -0.3 is 13.6 Å². The van der Waals surface area contributed by atoms with Crippen LogP contribution in [0.4, 0.5) is 0 Å². The number of rotatable bonds is 5. The third-order valence-electron chi connectivity index (χ3n) is 4.94. The van der Waals surface area contributed by atoms with Crippen molar-refractivity contribution in [3.63, 3.8) is 0 Å². The third kappa shape index (κ3) is 3.37. The monoisotopic (exact) mass is 419 g/mol. The summed E-state index contributed by atoms with van der Waals surface area (Å²) in [5.74, 6) is -0.0218. The largest absolute Gasteiger partial charge is 0.467 e. The minimum Gasteiger partial charge on any atom is -0.467 e. The van der Waals surface area contributed by atoms with Crippen molar-refractivity contribution in [1.82, 2.24) is 19.6 Å². The number of esters is 1. The highest BCUT2D eigenvalue weighted by Crippen LogP contribution is 2.33. The fourth-order valence-corrected chi connectivity index (χ4v) is 3.54. The smallest absolute Gasteiger partial charge is 0.344 e. The first-order chi connectivity index (χ1) is 15.1. The molecule has 1 unspecified atom stereocenters. The molecule has 0 aliphatic carbocycles. The van der Waals surface area contributed by atoms with Gasteiger partial charge in [-0.15, -0.1) is 0 Å². The quantitative estimate of drug-likeness (QED) is 0.457. The molecule has 156 valence electrons. The summed E-state index contributed by atoms with van der Waals surface area (Å²) in [6.07, 6.45) is 6.72. The first-order valence-corrected chi connectivity index (χ1v) is 9.55. The summed E-state index contributed by atoms with van der Waals surface area (Å²) in [7, 11) is 0. The highest BCUT2D eigenvalue weighted by molar-refractivity contribution is 6.01. The van der Waals surface area contributed by atoms with Gasteiger partial charge in [0.1, 0.15) is 28.8 Å². The van der Waals surface area contributed by atoms with E-state index in [9.17, 15) is 9.59 Å². The van der Waals surface area contributed by atoms with Crippen LogP contribution in [0.25, 0.3) is 5.65 Å². The Bertz CT molecular complexity index is 1270. The summed E-state index contributed by atoms with van der Waals surface area (Å²) >= 11 is 0. The Morgan fingerprint density at radius 2 is 2.03 bits per heavy atom. The molecule has 5 rings (SSSR count). The molecule has 0 fully saturated rings. The van der Waals surface area contributed by atoms with Crippen molar-refractivity contribution in [3.8, 4) is 0 Å². The van der Waals surface area contributed by atoms with E-state index in [1.54, 1.807) is 55.9 Å². The third-order valence-corrected chi connectivity index (χ3v) is 4.94. The first kappa shape index (κ1) is 18.8. The number of carbonyl (C=O) groups excluding carboxylic acids is 2. The number of amides is 1. The van der Waals surface area contributed by atoms with Crippen molar-refractivity contribution < 1.29 is 23.2 Å². The topological polar surface area (TPSA) is 115 Å². The van der Waals surface area contributed by atoms with Crippen LogP contribution in [0.1, 0.15) is 40.0 Å². The van der Waals surface area contributed by atoms with Crippen LogP contribution in [-0.4, -0.2) is 43.8 Å². The van der Waals surface area contributed by atoms with Crippen molar-refractivity contribution >= 4 is 23.2 Å². The Balaban J connectivity index is 1.35. The van der Waals surface area contributed by atoms with Crippen molar-refractivity contribution in [1.29, 1.82) is 0 Å². The zero-order valence-corrected chi connectivity index (χ0v) is 16.5.